The third kappa shape index (κ3) is 5.13. The summed E-state index contributed by atoms with van der Waals surface area (Å²) in [6.07, 6.45) is 2.38. The van der Waals surface area contributed by atoms with Crippen LogP contribution in [0.15, 0.2) is 63.2 Å². The molecule has 2 atom stereocenters. The molecule has 2 aromatic carbocycles. The Hall–Kier alpha value is -3.06. The first-order valence-corrected chi connectivity index (χ1v) is 13.7. The van der Waals surface area contributed by atoms with Crippen molar-refractivity contribution in [1.82, 2.24) is 0 Å². The Morgan fingerprint density at radius 3 is 2.32 bits per heavy atom. The second kappa shape index (κ2) is 9.60. The zero-order valence-electron chi connectivity index (χ0n) is 22.1. The molecule has 0 radical (unpaired) electrons. The van der Waals surface area contributed by atoms with E-state index in [0.29, 0.717) is 24.2 Å². The summed E-state index contributed by atoms with van der Waals surface area (Å²) in [6, 6.07) is 12.3. The predicted molar refractivity (Wildman–Crippen MR) is 149 cm³/mol. The summed E-state index contributed by atoms with van der Waals surface area (Å²) in [6.45, 7) is 8.69. The minimum absolute atomic E-state index is 0.0861. The van der Waals surface area contributed by atoms with Crippen LogP contribution in [0.2, 0.25) is 0 Å². The number of carbonyl (C=O) groups is 3. The van der Waals surface area contributed by atoms with Crippen molar-refractivity contribution in [3.8, 4) is 5.75 Å². The standard InChI is InChI=1S/C31H32BrNO5/c1-30(2)12-21-27(23(34)14-30)26(28-22(33-21)13-31(3,4)15-24(28)35)19-9-10-25(20(32)11-19)38-16-17-5-7-18(8-6-17)29(36)37/h5-11,26-27H,12-16H2,1-4H3,(H,36,37). The van der Waals surface area contributed by atoms with Gasteiger partial charge in [0.05, 0.1) is 16.0 Å². The molecule has 2 aliphatic carbocycles. The lowest BCUT2D eigenvalue weighted by molar-refractivity contribution is -0.124. The van der Waals surface area contributed by atoms with Gasteiger partial charge in [0.1, 0.15) is 18.1 Å². The SMILES string of the molecule is CC1(C)CC(=O)C2C(=NC3=C(C(=O)CC(C)(C)C3)C2c2ccc(OCc3ccc(C(=O)O)cc3)c(Br)c2)C1. The van der Waals surface area contributed by atoms with Crippen molar-refractivity contribution in [3.63, 3.8) is 0 Å². The van der Waals surface area contributed by atoms with Crippen molar-refractivity contribution >= 4 is 39.2 Å². The Morgan fingerprint density at radius 1 is 0.974 bits per heavy atom. The smallest absolute Gasteiger partial charge is 0.335 e. The topological polar surface area (TPSA) is 93.0 Å². The summed E-state index contributed by atoms with van der Waals surface area (Å²) < 4.78 is 6.74. The maximum atomic E-state index is 13.5. The van der Waals surface area contributed by atoms with Gasteiger partial charge in [-0.25, -0.2) is 4.79 Å². The first kappa shape index (κ1) is 26.5. The minimum atomic E-state index is -0.968. The summed E-state index contributed by atoms with van der Waals surface area (Å²) in [5, 5.41) is 9.09. The summed E-state index contributed by atoms with van der Waals surface area (Å²) in [5.41, 5.74) is 4.11. The number of hydrogen-bond donors (Lipinski definition) is 1. The number of aliphatic imine (C=N–C) groups is 1. The van der Waals surface area contributed by atoms with Crippen LogP contribution in [-0.4, -0.2) is 28.4 Å². The average Bonchev–Trinajstić information content (AvgIpc) is 2.80. The molecule has 0 saturated heterocycles. The van der Waals surface area contributed by atoms with Gasteiger partial charge in [-0.3, -0.25) is 14.6 Å². The van der Waals surface area contributed by atoms with Crippen LogP contribution in [0.25, 0.3) is 0 Å². The largest absolute Gasteiger partial charge is 0.488 e. The lowest BCUT2D eigenvalue weighted by Crippen LogP contribution is -2.45. The van der Waals surface area contributed by atoms with E-state index in [4.69, 9.17) is 14.8 Å². The number of nitrogens with zero attached hydrogens (tertiary/aromatic N) is 1. The van der Waals surface area contributed by atoms with Crippen LogP contribution in [0.4, 0.5) is 0 Å². The molecule has 7 heteroatoms. The van der Waals surface area contributed by atoms with Crippen LogP contribution in [0, 0.1) is 16.7 Å². The molecule has 1 fully saturated rings. The van der Waals surface area contributed by atoms with Gasteiger partial charge in [-0.15, -0.1) is 0 Å². The number of allylic oxidation sites excluding steroid dienone is 2. The van der Waals surface area contributed by atoms with Crippen LogP contribution < -0.4 is 4.74 Å². The van der Waals surface area contributed by atoms with Crippen molar-refractivity contribution in [2.75, 3.05) is 0 Å². The molecule has 0 spiro atoms. The molecule has 3 aliphatic rings. The number of fused-ring (bicyclic) bond motifs is 1. The fourth-order valence-electron chi connectivity index (χ4n) is 6.10. The van der Waals surface area contributed by atoms with Gasteiger partial charge in [0.15, 0.2) is 5.78 Å². The number of Topliss-reactive ketones (excluding diaryl/α,β-unsaturated/α-hetero) is 2. The second-order valence-corrected chi connectivity index (χ2v) is 13.2. The number of carboxylic acid groups (broad SMARTS) is 1. The number of benzene rings is 2. The lowest BCUT2D eigenvalue weighted by Gasteiger charge is -2.44. The van der Waals surface area contributed by atoms with Gasteiger partial charge < -0.3 is 9.84 Å². The zero-order chi connectivity index (χ0) is 27.4. The van der Waals surface area contributed by atoms with E-state index in [0.717, 1.165) is 39.8 Å². The lowest BCUT2D eigenvalue weighted by atomic mass is 9.60. The highest BCUT2D eigenvalue weighted by Gasteiger charge is 2.49. The number of carboxylic acids is 1. The van der Waals surface area contributed by atoms with Crippen LogP contribution >= 0.6 is 15.9 Å². The van der Waals surface area contributed by atoms with E-state index in [2.05, 4.69) is 43.6 Å². The molecule has 2 unspecified atom stereocenters. The van der Waals surface area contributed by atoms with E-state index in [1.54, 1.807) is 24.3 Å². The van der Waals surface area contributed by atoms with E-state index in [1.165, 1.54) is 0 Å². The Kier molecular flexibility index (Phi) is 6.70. The van der Waals surface area contributed by atoms with E-state index in [1.807, 2.05) is 18.2 Å². The third-order valence-corrected chi connectivity index (χ3v) is 8.37. The first-order chi connectivity index (χ1) is 17.8. The summed E-state index contributed by atoms with van der Waals surface area (Å²) in [5.74, 6) is -0.873. The Labute approximate surface area is 231 Å². The second-order valence-electron chi connectivity index (χ2n) is 12.3. The summed E-state index contributed by atoms with van der Waals surface area (Å²) in [4.78, 5) is 43.1. The van der Waals surface area contributed by atoms with E-state index in [-0.39, 0.29) is 40.5 Å². The molecular weight excluding hydrogens is 546 g/mol. The minimum Gasteiger partial charge on any atom is -0.488 e. The Morgan fingerprint density at radius 2 is 1.66 bits per heavy atom. The average molecular weight is 579 g/mol. The molecule has 0 amide bonds. The van der Waals surface area contributed by atoms with E-state index >= 15 is 0 Å². The van der Waals surface area contributed by atoms with Crippen molar-refractivity contribution in [2.24, 2.45) is 21.7 Å². The van der Waals surface area contributed by atoms with Gasteiger partial charge in [-0.1, -0.05) is 45.9 Å². The molecule has 2 aromatic rings. The zero-order valence-corrected chi connectivity index (χ0v) is 23.7. The summed E-state index contributed by atoms with van der Waals surface area (Å²) in [7, 11) is 0. The molecule has 1 N–H and O–H groups in total. The molecule has 38 heavy (non-hydrogen) atoms. The Balaban J connectivity index is 1.47. The van der Waals surface area contributed by atoms with Gasteiger partial charge >= 0.3 is 5.97 Å². The van der Waals surface area contributed by atoms with Crippen molar-refractivity contribution < 1.29 is 24.2 Å². The first-order valence-electron chi connectivity index (χ1n) is 12.9. The number of carbonyl (C=O) groups excluding carboxylic acids is 2. The van der Waals surface area contributed by atoms with E-state index < -0.39 is 11.9 Å². The van der Waals surface area contributed by atoms with E-state index in [9.17, 15) is 14.4 Å². The highest BCUT2D eigenvalue weighted by Crippen LogP contribution is 2.52. The van der Waals surface area contributed by atoms with Crippen molar-refractivity contribution in [1.29, 1.82) is 0 Å². The number of hydrogen-bond acceptors (Lipinski definition) is 5. The normalized spacial score (nSPS) is 23.9. The molecule has 6 nitrogen and oxygen atoms in total. The van der Waals surface area contributed by atoms with Crippen LogP contribution in [0.1, 0.15) is 80.8 Å². The van der Waals surface area contributed by atoms with Crippen LogP contribution in [-0.2, 0) is 16.2 Å². The highest BCUT2D eigenvalue weighted by atomic mass is 79.9. The molecule has 0 bridgehead atoms. The van der Waals surface area contributed by atoms with Crippen LogP contribution in [0.5, 0.6) is 5.75 Å². The van der Waals surface area contributed by atoms with Crippen LogP contribution in [0.3, 0.4) is 0 Å². The molecule has 1 saturated carbocycles. The number of rotatable bonds is 5. The monoisotopic (exact) mass is 577 g/mol. The van der Waals surface area contributed by atoms with Gasteiger partial charge in [-0.2, -0.15) is 0 Å². The molecule has 0 aromatic heterocycles. The highest BCUT2D eigenvalue weighted by molar-refractivity contribution is 9.10. The van der Waals surface area contributed by atoms with Crippen molar-refractivity contribution in [3.05, 3.63) is 74.9 Å². The number of ketones is 2. The van der Waals surface area contributed by atoms with Gasteiger partial charge in [-0.05, 0) is 75.0 Å². The maximum Gasteiger partial charge on any atom is 0.335 e. The fourth-order valence-corrected chi connectivity index (χ4v) is 6.61. The fraction of sp³-hybridized carbons (Fsp3) is 0.419. The molecular formula is C31H32BrNO5. The van der Waals surface area contributed by atoms with Gasteiger partial charge in [0.2, 0.25) is 0 Å². The number of aromatic carboxylic acids is 1. The summed E-state index contributed by atoms with van der Waals surface area (Å²) >= 11 is 3.64. The molecule has 1 heterocycles. The Bertz CT molecular complexity index is 1400. The molecule has 198 valence electrons. The quantitative estimate of drug-likeness (QED) is 0.416. The number of ether oxygens (including phenoxy) is 1. The number of halogens is 1. The third-order valence-electron chi connectivity index (χ3n) is 7.75. The molecule has 1 aliphatic heterocycles. The maximum absolute atomic E-state index is 13.5. The molecule has 5 rings (SSSR count). The predicted octanol–water partition coefficient (Wildman–Crippen LogP) is 6.91. The van der Waals surface area contributed by atoms with Crippen molar-refractivity contribution in [2.45, 2.75) is 65.9 Å². The van der Waals surface area contributed by atoms with Gasteiger partial charge in [0, 0.05) is 35.7 Å². The van der Waals surface area contributed by atoms with Gasteiger partial charge in [0.25, 0.3) is 0 Å².